The second kappa shape index (κ2) is 6.81. The van der Waals surface area contributed by atoms with E-state index in [0.717, 1.165) is 11.3 Å². The van der Waals surface area contributed by atoms with Crippen LogP contribution < -0.4 is 16.0 Å². The summed E-state index contributed by atoms with van der Waals surface area (Å²) in [6, 6.07) is 11.3. The molecule has 110 valence electrons. The molecular weight excluding hydrogens is 266 g/mol. The molecule has 0 aliphatic rings. The monoisotopic (exact) mass is 285 g/mol. The summed E-state index contributed by atoms with van der Waals surface area (Å²) in [5, 5.41) is 10.8. The molecule has 1 heterocycles. The third-order valence-electron chi connectivity index (χ3n) is 3.14. The molecule has 1 aromatic carbocycles. The number of hydrogen-bond donors (Lipinski definition) is 2. The molecule has 0 spiro atoms. The van der Waals surface area contributed by atoms with Crippen molar-refractivity contribution in [2.45, 2.75) is 13.5 Å². The molecule has 0 fully saturated rings. The van der Waals surface area contributed by atoms with Crippen LogP contribution >= 0.6 is 0 Å². The summed E-state index contributed by atoms with van der Waals surface area (Å²) in [7, 11) is 1.89. The molecule has 21 heavy (non-hydrogen) atoms. The van der Waals surface area contributed by atoms with Crippen LogP contribution in [-0.2, 0) is 6.54 Å². The number of nitrogens with zero attached hydrogens (tertiary/aromatic N) is 3. The number of aromatic nitrogens is 2. The summed E-state index contributed by atoms with van der Waals surface area (Å²) >= 11 is 0. The van der Waals surface area contributed by atoms with Crippen LogP contribution in [0, 0.1) is 0 Å². The fourth-order valence-corrected chi connectivity index (χ4v) is 2.01. The van der Waals surface area contributed by atoms with Crippen molar-refractivity contribution in [2.24, 2.45) is 5.73 Å². The van der Waals surface area contributed by atoms with E-state index >= 15 is 0 Å². The average Bonchev–Trinajstić information content (AvgIpc) is 2.54. The number of carbonyl (C=O) groups is 1. The molecule has 1 amide bonds. The van der Waals surface area contributed by atoms with Gasteiger partial charge in [-0.1, -0.05) is 18.2 Å². The maximum absolute atomic E-state index is 11.7. The van der Waals surface area contributed by atoms with Gasteiger partial charge in [-0.3, -0.25) is 4.79 Å². The molecule has 0 unspecified atom stereocenters. The Morgan fingerprint density at radius 3 is 2.62 bits per heavy atom. The zero-order valence-corrected chi connectivity index (χ0v) is 12.2. The Labute approximate surface area is 124 Å². The van der Waals surface area contributed by atoms with Crippen molar-refractivity contribution in [3.8, 4) is 0 Å². The van der Waals surface area contributed by atoms with Gasteiger partial charge in [-0.2, -0.15) is 0 Å². The first kappa shape index (κ1) is 14.9. The van der Waals surface area contributed by atoms with Gasteiger partial charge in [0, 0.05) is 25.8 Å². The summed E-state index contributed by atoms with van der Waals surface area (Å²) < 4.78 is 0. The minimum atomic E-state index is -0.221. The highest BCUT2D eigenvalue weighted by Gasteiger charge is 2.11. The zero-order valence-electron chi connectivity index (χ0n) is 12.2. The lowest BCUT2D eigenvalue weighted by Gasteiger charge is -2.20. The maximum Gasteiger partial charge on any atom is 0.271 e. The number of rotatable bonds is 5. The molecule has 6 nitrogen and oxygen atoms in total. The lowest BCUT2D eigenvalue weighted by molar-refractivity contribution is 0.0950. The Morgan fingerprint density at radius 1 is 1.24 bits per heavy atom. The summed E-state index contributed by atoms with van der Waals surface area (Å²) in [6.45, 7) is 2.87. The fraction of sp³-hybridized carbons (Fsp3) is 0.267. The molecular formula is C15H19N5O. The van der Waals surface area contributed by atoms with Crippen LogP contribution in [0.15, 0.2) is 36.4 Å². The van der Waals surface area contributed by atoms with Crippen LogP contribution in [0.4, 0.5) is 11.5 Å². The van der Waals surface area contributed by atoms with E-state index in [1.54, 1.807) is 12.1 Å². The second-order valence-electron chi connectivity index (χ2n) is 4.53. The van der Waals surface area contributed by atoms with Gasteiger partial charge in [0.15, 0.2) is 11.5 Å². The second-order valence-corrected chi connectivity index (χ2v) is 4.53. The van der Waals surface area contributed by atoms with Gasteiger partial charge in [-0.05, 0) is 30.7 Å². The smallest absolute Gasteiger partial charge is 0.271 e. The first-order valence-electron chi connectivity index (χ1n) is 6.81. The summed E-state index contributed by atoms with van der Waals surface area (Å²) in [5.41, 5.74) is 8.05. The number of amides is 1. The van der Waals surface area contributed by atoms with E-state index in [1.807, 2.05) is 43.1 Å². The van der Waals surface area contributed by atoms with Crippen LogP contribution in [0.25, 0.3) is 0 Å². The Bertz CT molecular complexity index is 612. The summed E-state index contributed by atoms with van der Waals surface area (Å²) in [6.07, 6.45) is 0. The van der Waals surface area contributed by atoms with E-state index in [0.29, 0.717) is 24.6 Å². The molecule has 0 radical (unpaired) electrons. The van der Waals surface area contributed by atoms with Gasteiger partial charge < -0.3 is 16.0 Å². The highest BCUT2D eigenvalue weighted by Crippen LogP contribution is 2.24. The van der Waals surface area contributed by atoms with Crippen molar-refractivity contribution in [1.82, 2.24) is 15.5 Å². The van der Waals surface area contributed by atoms with E-state index in [2.05, 4.69) is 15.5 Å². The number of nitrogens with two attached hydrogens (primary N) is 1. The zero-order chi connectivity index (χ0) is 15.2. The Kier molecular flexibility index (Phi) is 4.84. The van der Waals surface area contributed by atoms with Gasteiger partial charge in [0.1, 0.15) is 0 Å². The number of hydrogen-bond acceptors (Lipinski definition) is 5. The van der Waals surface area contributed by atoms with Crippen molar-refractivity contribution in [2.75, 3.05) is 18.5 Å². The lowest BCUT2D eigenvalue weighted by Crippen LogP contribution is -2.24. The Balaban J connectivity index is 2.24. The SMILES string of the molecule is CCNC(=O)c1ccc(N(C)c2ccccc2CN)nn1. The molecule has 0 bridgehead atoms. The van der Waals surface area contributed by atoms with Crippen molar-refractivity contribution in [1.29, 1.82) is 0 Å². The first-order valence-corrected chi connectivity index (χ1v) is 6.81. The van der Waals surface area contributed by atoms with Gasteiger partial charge in [-0.15, -0.1) is 10.2 Å². The third kappa shape index (κ3) is 3.35. The van der Waals surface area contributed by atoms with Crippen molar-refractivity contribution in [3.05, 3.63) is 47.7 Å². The van der Waals surface area contributed by atoms with Gasteiger partial charge >= 0.3 is 0 Å². The van der Waals surface area contributed by atoms with Crippen LogP contribution in [0.5, 0.6) is 0 Å². The standard InChI is InChI=1S/C15H19N5O/c1-3-17-15(21)12-8-9-14(19-18-12)20(2)13-7-5-4-6-11(13)10-16/h4-9H,3,10,16H2,1-2H3,(H,17,21). The predicted octanol–water partition coefficient (Wildman–Crippen LogP) is 1.45. The predicted molar refractivity (Wildman–Crippen MR) is 82.4 cm³/mol. The van der Waals surface area contributed by atoms with Gasteiger partial charge in [0.25, 0.3) is 5.91 Å². The Hall–Kier alpha value is -2.47. The van der Waals surface area contributed by atoms with Crippen LogP contribution in [0.3, 0.4) is 0 Å². The molecule has 0 aliphatic heterocycles. The normalized spacial score (nSPS) is 10.2. The molecule has 0 atom stereocenters. The summed E-state index contributed by atoms with van der Waals surface area (Å²) in [5.74, 6) is 0.436. The van der Waals surface area contributed by atoms with E-state index in [1.165, 1.54) is 0 Å². The highest BCUT2D eigenvalue weighted by molar-refractivity contribution is 5.92. The quantitative estimate of drug-likeness (QED) is 0.868. The molecule has 6 heteroatoms. The van der Waals surface area contributed by atoms with Crippen molar-refractivity contribution in [3.63, 3.8) is 0 Å². The van der Waals surface area contributed by atoms with E-state index in [4.69, 9.17) is 5.73 Å². The molecule has 3 N–H and O–H groups in total. The fourth-order valence-electron chi connectivity index (χ4n) is 2.01. The summed E-state index contributed by atoms with van der Waals surface area (Å²) in [4.78, 5) is 13.6. The van der Waals surface area contributed by atoms with Crippen molar-refractivity contribution < 1.29 is 4.79 Å². The first-order chi connectivity index (χ1) is 10.2. The number of para-hydroxylation sites is 1. The lowest BCUT2D eigenvalue weighted by atomic mass is 10.1. The van der Waals surface area contributed by atoms with Crippen LogP contribution in [0.1, 0.15) is 23.0 Å². The topological polar surface area (TPSA) is 84.1 Å². The van der Waals surface area contributed by atoms with Gasteiger partial charge in [-0.25, -0.2) is 0 Å². The van der Waals surface area contributed by atoms with Crippen molar-refractivity contribution >= 4 is 17.4 Å². The van der Waals surface area contributed by atoms with Crippen LogP contribution in [0.2, 0.25) is 0 Å². The van der Waals surface area contributed by atoms with Gasteiger partial charge in [0.05, 0.1) is 0 Å². The maximum atomic E-state index is 11.7. The number of benzene rings is 1. The molecule has 1 aromatic heterocycles. The molecule has 0 saturated heterocycles. The number of nitrogens with one attached hydrogen (secondary N) is 1. The molecule has 0 aliphatic carbocycles. The number of carbonyl (C=O) groups excluding carboxylic acids is 1. The Morgan fingerprint density at radius 2 is 2.00 bits per heavy atom. The molecule has 2 aromatic rings. The largest absolute Gasteiger partial charge is 0.351 e. The van der Waals surface area contributed by atoms with E-state index in [-0.39, 0.29) is 5.91 Å². The molecule has 0 saturated carbocycles. The minimum absolute atomic E-state index is 0.221. The third-order valence-corrected chi connectivity index (χ3v) is 3.14. The van der Waals surface area contributed by atoms with E-state index in [9.17, 15) is 4.79 Å². The van der Waals surface area contributed by atoms with Crippen LogP contribution in [-0.4, -0.2) is 29.7 Å². The molecule has 2 rings (SSSR count). The number of anilines is 2. The minimum Gasteiger partial charge on any atom is -0.351 e. The van der Waals surface area contributed by atoms with E-state index < -0.39 is 0 Å². The van der Waals surface area contributed by atoms with Gasteiger partial charge in [0.2, 0.25) is 0 Å². The average molecular weight is 285 g/mol. The highest BCUT2D eigenvalue weighted by atomic mass is 16.1.